The number of pyridine rings is 1. The molecule has 3 rings (SSSR count). The van der Waals surface area contributed by atoms with Crippen molar-refractivity contribution in [1.82, 2.24) is 15.0 Å². The highest BCUT2D eigenvalue weighted by Crippen LogP contribution is 2.43. The third-order valence-electron chi connectivity index (χ3n) is 4.41. The van der Waals surface area contributed by atoms with Crippen LogP contribution < -0.4 is 5.32 Å². The van der Waals surface area contributed by atoms with E-state index in [1.165, 1.54) is 47.3 Å². The molecular weight excluding hydrogens is 367 g/mol. The number of thioether (sulfide) groups is 1. The first-order valence-corrected chi connectivity index (χ1v) is 12.9. The monoisotopic (exact) mass is 394 g/mol. The van der Waals surface area contributed by atoms with Gasteiger partial charge in [0.2, 0.25) is 0 Å². The quantitative estimate of drug-likeness (QED) is 0.437. The van der Waals surface area contributed by atoms with E-state index < -0.39 is 0 Å². The summed E-state index contributed by atoms with van der Waals surface area (Å²) in [4.78, 5) is 15.4. The largest absolute Gasteiger partial charge is 0.371 e. The fourth-order valence-corrected chi connectivity index (χ4v) is 6.41. The lowest BCUT2D eigenvalue weighted by atomic mass is 10.1. The summed E-state index contributed by atoms with van der Waals surface area (Å²) in [6.45, 7) is 6.81. The Morgan fingerprint density at radius 2 is 2.08 bits per heavy atom. The van der Waals surface area contributed by atoms with Gasteiger partial charge in [0.25, 0.3) is 0 Å². The number of unbranched alkanes of at least 4 members (excludes halogenated alkanes) is 1. The number of aromatic nitrogens is 3. The third kappa shape index (κ3) is 4.12. The average Bonchev–Trinajstić information content (AvgIpc) is 3.20. The molecule has 4 nitrogen and oxygen atoms in total. The topological polar surface area (TPSA) is 50.7 Å². The molecule has 25 heavy (non-hydrogen) atoms. The Kier molecular flexibility index (Phi) is 6.59. The first-order chi connectivity index (χ1) is 12.2. The van der Waals surface area contributed by atoms with E-state index in [-0.39, 0.29) is 7.53 Å². The highest BCUT2D eigenvalue weighted by Gasteiger charge is 2.18. The van der Waals surface area contributed by atoms with Crippen LogP contribution in [0.2, 0.25) is 0 Å². The highest BCUT2D eigenvalue weighted by atomic mass is 32.2. The molecule has 0 aliphatic rings. The molecule has 0 aliphatic carbocycles. The zero-order chi connectivity index (χ0) is 17.8. The van der Waals surface area contributed by atoms with Crippen LogP contribution in [0.4, 0.5) is 5.82 Å². The Balaban J connectivity index is 1.76. The van der Waals surface area contributed by atoms with E-state index in [0.29, 0.717) is 5.92 Å². The van der Waals surface area contributed by atoms with E-state index >= 15 is 0 Å². The van der Waals surface area contributed by atoms with Crippen molar-refractivity contribution in [3.05, 3.63) is 10.9 Å². The van der Waals surface area contributed by atoms with Crippen molar-refractivity contribution in [2.24, 2.45) is 6.66 Å². The molecule has 7 heteroatoms. The molecule has 3 aromatic heterocycles. The van der Waals surface area contributed by atoms with Gasteiger partial charge < -0.3 is 5.32 Å². The van der Waals surface area contributed by atoms with Crippen molar-refractivity contribution >= 4 is 57.4 Å². The maximum absolute atomic E-state index is 5.00. The SMILES string of the molecule is CCCSCCCCC(C)c1nc2c(nc(NC)c3ncp(C)c32)s1. The van der Waals surface area contributed by atoms with Gasteiger partial charge in [-0.1, -0.05) is 39.1 Å². The summed E-state index contributed by atoms with van der Waals surface area (Å²) >= 11 is 3.84. The summed E-state index contributed by atoms with van der Waals surface area (Å²) in [5.74, 6) is 6.05. The first-order valence-electron chi connectivity index (χ1n) is 9.02. The van der Waals surface area contributed by atoms with Gasteiger partial charge in [-0.15, -0.1) is 0 Å². The van der Waals surface area contributed by atoms with Crippen LogP contribution in [0, 0.1) is 0 Å². The van der Waals surface area contributed by atoms with Crippen molar-refractivity contribution in [1.29, 1.82) is 0 Å². The zero-order valence-electron chi connectivity index (χ0n) is 15.5. The molecule has 1 N–H and O–H groups in total. The van der Waals surface area contributed by atoms with Crippen LogP contribution in [0.5, 0.6) is 0 Å². The lowest BCUT2D eigenvalue weighted by Crippen LogP contribution is -1.94. The Bertz CT molecular complexity index is 842. The van der Waals surface area contributed by atoms with Crippen LogP contribution in [0.25, 0.3) is 21.0 Å². The summed E-state index contributed by atoms with van der Waals surface area (Å²) in [5.41, 5.74) is 2.09. The number of anilines is 1. The lowest BCUT2D eigenvalue weighted by Gasteiger charge is -2.07. The van der Waals surface area contributed by atoms with E-state index in [9.17, 15) is 0 Å². The minimum atomic E-state index is -0.358. The molecular formula is C18H27N4PS2. The number of hydrogen-bond acceptors (Lipinski definition) is 6. The maximum atomic E-state index is 5.00. The zero-order valence-corrected chi connectivity index (χ0v) is 18.0. The molecule has 0 aromatic carbocycles. The van der Waals surface area contributed by atoms with Crippen LogP contribution >= 0.6 is 30.6 Å². The Labute approximate surface area is 159 Å². The summed E-state index contributed by atoms with van der Waals surface area (Å²) in [6, 6.07) is 0. The molecule has 0 fully saturated rings. The van der Waals surface area contributed by atoms with Gasteiger partial charge in [-0.05, 0) is 37.4 Å². The number of fused-ring (bicyclic) bond motifs is 3. The minimum absolute atomic E-state index is 0.358. The standard InChI is InChI=1S/C18H27N4PS2/c1-5-9-24-10-7-6-8-12(2)17-21-14-15-13(20-11-23(15)4)16(19-3)22-18(14)25-17/h11-12H,5-10H2,1-4H3,(H,19,22). The average molecular weight is 395 g/mol. The van der Waals surface area contributed by atoms with Gasteiger partial charge in [-0.25, -0.2) is 15.0 Å². The Morgan fingerprint density at radius 1 is 1.24 bits per heavy atom. The van der Waals surface area contributed by atoms with E-state index in [1.807, 2.05) is 7.05 Å². The summed E-state index contributed by atoms with van der Waals surface area (Å²) < 4.78 is 0. The number of rotatable bonds is 9. The van der Waals surface area contributed by atoms with Crippen LogP contribution in [0.15, 0.2) is 5.93 Å². The van der Waals surface area contributed by atoms with Crippen LogP contribution in [-0.4, -0.2) is 33.5 Å². The second-order valence-corrected chi connectivity index (χ2v) is 10.6. The number of nitrogens with one attached hydrogen (secondary N) is 1. The predicted molar refractivity (Wildman–Crippen MR) is 116 cm³/mol. The van der Waals surface area contributed by atoms with Gasteiger partial charge in [0, 0.05) is 18.9 Å². The summed E-state index contributed by atoms with van der Waals surface area (Å²) in [6.07, 6.45) is 5.09. The number of aryl methyl sites for hydroxylation is 1. The van der Waals surface area contributed by atoms with Crippen molar-refractivity contribution in [2.45, 2.75) is 45.4 Å². The van der Waals surface area contributed by atoms with Crippen LogP contribution in [0.3, 0.4) is 0 Å². The van der Waals surface area contributed by atoms with E-state index in [4.69, 9.17) is 9.97 Å². The van der Waals surface area contributed by atoms with Gasteiger partial charge in [-0.2, -0.15) is 11.8 Å². The van der Waals surface area contributed by atoms with E-state index in [1.54, 1.807) is 11.3 Å². The molecule has 3 aromatic rings. The van der Waals surface area contributed by atoms with E-state index in [2.05, 4.69) is 48.5 Å². The molecule has 0 aliphatic heterocycles. The highest BCUT2D eigenvalue weighted by molar-refractivity contribution is 7.99. The number of hydrogen-bond donors (Lipinski definition) is 1. The summed E-state index contributed by atoms with van der Waals surface area (Å²) in [7, 11) is 1.56. The number of nitrogens with zero attached hydrogens (tertiary/aromatic N) is 3. The molecule has 0 amide bonds. The van der Waals surface area contributed by atoms with Crippen molar-refractivity contribution in [3.8, 4) is 0 Å². The van der Waals surface area contributed by atoms with Crippen LogP contribution in [-0.2, 0) is 6.66 Å². The smallest absolute Gasteiger partial charge is 0.154 e. The third-order valence-corrected chi connectivity index (χ3v) is 8.45. The van der Waals surface area contributed by atoms with Gasteiger partial charge in [0.1, 0.15) is 15.9 Å². The van der Waals surface area contributed by atoms with Gasteiger partial charge in [0.15, 0.2) is 5.82 Å². The second kappa shape index (κ2) is 8.70. The summed E-state index contributed by atoms with van der Waals surface area (Å²) in [5, 5.41) is 5.73. The minimum Gasteiger partial charge on any atom is -0.371 e. The van der Waals surface area contributed by atoms with Crippen molar-refractivity contribution in [2.75, 3.05) is 23.9 Å². The molecule has 0 saturated heterocycles. The molecule has 0 saturated carbocycles. The fraction of sp³-hybridized carbons (Fsp3) is 0.611. The molecule has 3 heterocycles. The predicted octanol–water partition coefficient (Wildman–Crippen LogP) is 6.22. The Hall–Kier alpha value is -0.840. The lowest BCUT2D eigenvalue weighted by molar-refractivity contribution is 0.625. The first kappa shape index (κ1) is 18.9. The molecule has 0 radical (unpaired) electrons. The maximum Gasteiger partial charge on any atom is 0.154 e. The van der Waals surface area contributed by atoms with Gasteiger partial charge >= 0.3 is 0 Å². The fourth-order valence-electron chi connectivity index (χ4n) is 3.01. The number of thiazole rings is 1. The molecule has 2 unspecified atom stereocenters. The molecule has 0 bridgehead atoms. The van der Waals surface area contributed by atoms with Crippen molar-refractivity contribution in [3.63, 3.8) is 0 Å². The molecule has 136 valence electrons. The second-order valence-electron chi connectivity index (χ2n) is 6.48. The van der Waals surface area contributed by atoms with E-state index in [0.717, 1.165) is 21.7 Å². The normalized spacial score (nSPS) is 13.7. The van der Waals surface area contributed by atoms with Gasteiger partial charge in [-0.3, -0.25) is 0 Å². The molecule has 0 spiro atoms. The Morgan fingerprint density at radius 3 is 2.84 bits per heavy atom. The molecule has 2 atom stereocenters. The van der Waals surface area contributed by atoms with Gasteiger partial charge in [0.05, 0.1) is 10.1 Å². The van der Waals surface area contributed by atoms with Crippen molar-refractivity contribution < 1.29 is 0 Å². The van der Waals surface area contributed by atoms with Crippen LogP contribution in [0.1, 0.15) is 50.5 Å².